The van der Waals surface area contributed by atoms with Crippen molar-refractivity contribution in [2.45, 2.75) is 77.0 Å². The van der Waals surface area contributed by atoms with E-state index in [1.807, 2.05) is 74.5 Å². The van der Waals surface area contributed by atoms with Gasteiger partial charge in [-0.3, -0.25) is 28.8 Å². The van der Waals surface area contributed by atoms with Crippen LogP contribution in [0.25, 0.3) is 12.2 Å². The van der Waals surface area contributed by atoms with Crippen LogP contribution in [0.3, 0.4) is 0 Å². The van der Waals surface area contributed by atoms with E-state index in [1.54, 1.807) is 53.0 Å². The van der Waals surface area contributed by atoms with Gasteiger partial charge in [0.1, 0.15) is 25.3 Å². The Balaban J connectivity index is 0.000000174. The number of aliphatic hydroxyl groups excluding tert-OH is 2. The van der Waals surface area contributed by atoms with Crippen molar-refractivity contribution in [3.8, 4) is 0 Å². The van der Waals surface area contributed by atoms with E-state index < -0.39 is 36.0 Å². The highest BCUT2D eigenvalue weighted by molar-refractivity contribution is 5.91. The topological polar surface area (TPSA) is 184 Å². The maximum atomic E-state index is 14.0. The van der Waals surface area contributed by atoms with E-state index in [1.165, 1.54) is 25.3 Å². The molecule has 16 nitrogen and oxygen atoms in total. The second-order valence-corrected chi connectivity index (χ2v) is 19.1. The molecule has 0 bridgehead atoms. The summed E-state index contributed by atoms with van der Waals surface area (Å²) in [7, 11) is 2.90. The Hall–Kier alpha value is -6.46. The number of carbonyl (C=O) groups is 4. The monoisotopic (exact) mass is 954 g/mol. The second-order valence-electron chi connectivity index (χ2n) is 19.1. The Morgan fingerprint density at radius 3 is 1.33 bits per heavy atom. The minimum atomic E-state index is -0.804. The van der Waals surface area contributed by atoms with Crippen LogP contribution in [0.15, 0.2) is 94.5 Å². The van der Waals surface area contributed by atoms with Gasteiger partial charge in [0.25, 0.3) is 11.1 Å². The van der Waals surface area contributed by atoms with Gasteiger partial charge in [-0.25, -0.2) is 0 Å². The third kappa shape index (κ3) is 8.43. The van der Waals surface area contributed by atoms with Crippen molar-refractivity contribution in [3.63, 3.8) is 0 Å². The molecule has 2 saturated heterocycles. The first-order valence-corrected chi connectivity index (χ1v) is 24.3. The molecule has 10 rings (SSSR count). The van der Waals surface area contributed by atoms with Crippen molar-refractivity contribution in [3.05, 3.63) is 150 Å². The van der Waals surface area contributed by atoms with Crippen molar-refractivity contribution < 1.29 is 38.9 Å². The molecule has 8 heterocycles. The maximum Gasteiger partial charge on any atom is 0.258 e. The number of amides is 4. The zero-order valence-corrected chi connectivity index (χ0v) is 40.2. The number of hydrogen-bond acceptors (Lipinski definition) is 10. The molecule has 4 amide bonds. The fraction of sp³-hybridized carbons (Fsp3) is 0.444. The van der Waals surface area contributed by atoms with E-state index in [0.29, 0.717) is 61.8 Å². The molecule has 2 aromatic carbocycles. The van der Waals surface area contributed by atoms with E-state index in [9.17, 15) is 39.0 Å². The molecular weight excluding hydrogens is 893 g/mol. The molecule has 8 atom stereocenters. The molecule has 2 N–H and O–H groups in total. The van der Waals surface area contributed by atoms with Gasteiger partial charge in [-0.05, 0) is 73.2 Å². The fourth-order valence-corrected chi connectivity index (χ4v) is 12.3. The number of allylic oxidation sites excluding steroid dienone is 2. The number of methoxy groups -OCH3 is 2. The number of carbonyl (C=O) groups excluding carboxylic acids is 4. The Morgan fingerprint density at radius 2 is 0.971 bits per heavy atom. The van der Waals surface area contributed by atoms with Gasteiger partial charge in [-0.1, -0.05) is 72.8 Å². The maximum absolute atomic E-state index is 14.0. The van der Waals surface area contributed by atoms with Gasteiger partial charge < -0.3 is 48.4 Å². The number of ether oxygens (including phenoxy) is 2. The summed E-state index contributed by atoms with van der Waals surface area (Å²) < 4.78 is 13.7. The number of hydrogen-bond donors (Lipinski definition) is 2. The van der Waals surface area contributed by atoms with Crippen molar-refractivity contribution in [2.75, 3.05) is 53.7 Å². The summed E-state index contributed by atoms with van der Waals surface area (Å²) >= 11 is 0. The summed E-state index contributed by atoms with van der Waals surface area (Å²) in [6.45, 7) is 5.68. The van der Waals surface area contributed by atoms with Crippen LogP contribution in [-0.2, 0) is 67.7 Å². The molecule has 0 aliphatic carbocycles. The van der Waals surface area contributed by atoms with Gasteiger partial charge in [-0.2, -0.15) is 0 Å². The van der Waals surface area contributed by atoms with Crippen molar-refractivity contribution >= 4 is 35.8 Å². The minimum Gasteiger partial charge on any atom is -0.396 e. The standard InChI is InChI=1S/2C27H31N3O5/c2*1-3-6-18-9-10-22-24-20(14-29(22)26(18)33)21(15-31)25(30(24)23(32)16-35-2)27(34)28-12-11-17-7-4-5-8-19(17)13-28/h2*3-10,20-21,24-25,31H,11-16H2,1-2H3/b6-3+;6-3-/t2*20-,21-,24+,25-/m00/s1. The molecule has 0 spiro atoms. The summed E-state index contributed by atoms with van der Waals surface area (Å²) in [5, 5.41) is 20.9. The molecule has 368 valence electrons. The van der Waals surface area contributed by atoms with Crippen LogP contribution in [0.1, 0.15) is 70.7 Å². The zero-order valence-electron chi connectivity index (χ0n) is 40.2. The van der Waals surface area contributed by atoms with Crippen LogP contribution < -0.4 is 11.1 Å². The molecule has 2 aromatic heterocycles. The van der Waals surface area contributed by atoms with E-state index in [2.05, 4.69) is 12.1 Å². The molecule has 4 aromatic rings. The first-order valence-electron chi connectivity index (χ1n) is 24.3. The number of aliphatic hydroxyl groups is 2. The summed E-state index contributed by atoms with van der Waals surface area (Å²) in [5.74, 6) is -2.36. The number of benzene rings is 2. The smallest absolute Gasteiger partial charge is 0.258 e. The molecule has 70 heavy (non-hydrogen) atoms. The lowest BCUT2D eigenvalue weighted by molar-refractivity contribution is -0.149. The van der Waals surface area contributed by atoms with Crippen LogP contribution >= 0.6 is 0 Å². The lowest BCUT2D eigenvalue weighted by atomic mass is 9.87. The van der Waals surface area contributed by atoms with Crippen LogP contribution in [-0.4, -0.2) is 128 Å². The number of rotatable bonds is 10. The first kappa shape index (κ1) is 48.6. The molecular formula is C54H62N6O10. The second kappa shape index (κ2) is 20.5. The highest BCUT2D eigenvalue weighted by Crippen LogP contribution is 2.51. The van der Waals surface area contributed by atoms with Gasteiger partial charge in [0.05, 0.1) is 12.1 Å². The van der Waals surface area contributed by atoms with Gasteiger partial charge in [0, 0.05) is 113 Å². The van der Waals surface area contributed by atoms with E-state index >= 15 is 0 Å². The number of nitrogens with zero attached hydrogens (tertiary/aromatic N) is 6. The van der Waals surface area contributed by atoms with E-state index in [0.717, 1.165) is 24.0 Å². The third-order valence-electron chi connectivity index (χ3n) is 15.4. The highest BCUT2D eigenvalue weighted by atomic mass is 16.5. The summed E-state index contributed by atoms with van der Waals surface area (Å²) in [4.78, 5) is 87.6. The van der Waals surface area contributed by atoms with Crippen molar-refractivity contribution in [1.29, 1.82) is 0 Å². The van der Waals surface area contributed by atoms with Crippen LogP contribution in [0.4, 0.5) is 0 Å². The SMILES string of the molecule is C/C=C/c1ccc2n(c1=O)C[C@H]1[C@H](CO)[C@@H](C(=O)N3CCc4ccccc4C3)N(C(=O)COC)[C@@H]21.C/C=C\c1ccc2n(c1=O)C[C@H]1[C@H](CO)[C@@H](C(=O)N3CCc4ccccc4C3)N(C(=O)COC)[C@@H]21. The highest BCUT2D eigenvalue weighted by Gasteiger charge is 2.59. The third-order valence-corrected chi connectivity index (χ3v) is 15.4. The summed E-state index contributed by atoms with van der Waals surface area (Å²) in [5.41, 5.74) is 6.99. The lowest BCUT2D eigenvalue weighted by Gasteiger charge is -2.36. The Labute approximate surface area is 407 Å². The summed E-state index contributed by atoms with van der Waals surface area (Å²) in [6.07, 6.45) is 8.67. The van der Waals surface area contributed by atoms with Crippen LogP contribution in [0, 0.1) is 23.7 Å². The fourth-order valence-electron chi connectivity index (χ4n) is 12.3. The average Bonchev–Trinajstić information content (AvgIpc) is 4.12. The minimum absolute atomic E-state index is 0.124. The molecule has 0 saturated carbocycles. The van der Waals surface area contributed by atoms with Crippen LogP contribution in [0.2, 0.25) is 0 Å². The Bertz CT molecular complexity index is 2660. The largest absolute Gasteiger partial charge is 0.396 e. The quantitative estimate of drug-likeness (QED) is 0.240. The number of fused-ring (bicyclic) bond motifs is 8. The molecule has 2 fully saturated rings. The first-order chi connectivity index (χ1) is 34.0. The van der Waals surface area contributed by atoms with Crippen molar-refractivity contribution in [2.24, 2.45) is 23.7 Å². The molecule has 0 unspecified atom stereocenters. The molecule has 0 radical (unpaired) electrons. The normalized spacial score (nSPS) is 25.0. The van der Waals surface area contributed by atoms with Gasteiger partial charge in [0.2, 0.25) is 23.6 Å². The predicted molar refractivity (Wildman–Crippen MR) is 261 cm³/mol. The van der Waals surface area contributed by atoms with Crippen LogP contribution in [0.5, 0.6) is 0 Å². The molecule has 6 aliphatic rings. The average molecular weight is 955 g/mol. The zero-order chi connectivity index (χ0) is 49.4. The van der Waals surface area contributed by atoms with E-state index in [4.69, 9.17) is 9.47 Å². The number of aromatic nitrogens is 2. The van der Waals surface area contributed by atoms with E-state index in [-0.39, 0.29) is 73.0 Å². The molecule has 16 heteroatoms. The predicted octanol–water partition coefficient (Wildman–Crippen LogP) is 3.21. The number of pyridine rings is 2. The van der Waals surface area contributed by atoms with Gasteiger partial charge in [0.15, 0.2) is 0 Å². The summed E-state index contributed by atoms with van der Waals surface area (Å²) in [6, 6.07) is 20.9. The number of likely N-dealkylation sites (tertiary alicyclic amines) is 2. The van der Waals surface area contributed by atoms with Crippen molar-refractivity contribution in [1.82, 2.24) is 28.7 Å². The van der Waals surface area contributed by atoms with Gasteiger partial charge in [-0.15, -0.1) is 0 Å². The van der Waals surface area contributed by atoms with Gasteiger partial charge >= 0.3 is 0 Å². The Kier molecular flexibility index (Phi) is 14.2. The Morgan fingerprint density at radius 1 is 0.586 bits per heavy atom. The molecule has 6 aliphatic heterocycles. The lowest BCUT2D eigenvalue weighted by Crippen LogP contribution is -2.53.